The highest BCUT2D eigenvalue weighted by Gasteiger charge is 2.42. The average Bonchev–Trinajstić information content (AvgIpc) is 2.87. The maximum atomic E-state index is 13.2. The van der Waals surface area contributed by atoms with E-state index in [2.05, 4.69) is 4.99 Å². The molecular formula is C27H30N2O7. The number of non-ortho nitro benzene ring substituents is 1. The largest absolute Gasteiger partial charge is 0.497 e. The van der Waals surface area contributed by atoms with Crippen LogP contribution in [0.1, 0.15) is 43.7 Å². The van der Waals surface area contributed by atoms with E-state index in [9.17, 15) is 19.7 Å². The van der Waals surface area contributed by atoms with Crippen molar-refractivity contribution >= 4 is 23.3 Å². The summed E-state index contributed by atoms with van der Waals surface area (Å²) in [5, 5.41) is 11.4. The first kappa shape index (κ1) is 26.6. The second-order valence-corrected chi connectivity index (χ2v) is 8.52. The summed E-state index contributed by atoms with van der Waals surface area (Å²) in [5.74, 6) is -2.10. The molecule has 2 aromatic rings. The van der Waals surface area contributed by atoms with Crippen molar-refractivity contribution in [2.24, 2.45) is 10.9 Å². The minimum atomic E-state index is -0.904. The van der Waals surface area contributed by atoms with Crippen LogP contribution in [0.3, 0.4) is 0 Å². The highest BCUT2D eigenvalue weighted by atomic mass is 16.6. The van der Waals surface area contributed by atoms with Gasteiger partial charge in [0.15, 0.2) is 0 Å². The average molecular weight is 495 g/mol. The molecule has 0 radical (unpaired) electrons. The summed E-state index contributed by atoms with van der Waals surface area (Å²) in [6.07, 6.45) is 2.29. The van der Waals surface area contributed by atoms with Gasteiger partial charge in [0.1, 0.15) is 11.7 Å². The molecule has 9 nitrogen and oxygen atoms in total. The molecule has 1 heterocycles. The Morgan fingerprint density at radius 3 is 2.42 bits per heavy atom. The number of ether oxygens (including phenoxy) is 3. The molecule has 2 unspecified atom stereocenters. The predicted molar refractivity (Wildman–Crippen MR) is 134 cm³/mol. The van der Waals surface area contributed by atoms with Gasteiger partial charge in [0, 0.05) is 29.5 Å². The molecule has 0 aromatic heterocycles. The lowest BCUT2D eigenvalue weighted by molar-refractivity contribution is -0.384. The van der Waals surface area contributed by atoms with Crippen molar-refractivity contribution in [2.45, 2.75) is 39.0 Å². The molecule has 0 saturated carbocycles. The van der Waals surface area contributed by atoms with E-state index in [4.69, 9.17) is 14.2 Å². The van der Waals surface area contributed by atoms with Gasteiger partial charge in [0.2, 0.25) is 0 Å². The molecule has 0 bridgehead atoms. The van der Waals surface area contributed by atoms with Crippen molar-refractivity contribution in [1.82, 2.24) is 0 Å². The number of benzene rings is 2. The second-order valence-electron chi connectivity index (χ2n) is 8.52. The van der Waals surface area contributed by atoms with Crippen molar-refractivity contribution in [3.05, 3.63) is 81.0 Å². The zero-order chi connectivity index (χ0) is 26.2. The third-order valence-corrected chi connectivity index (χ3v) is 6.20. The van der Waals surface area contributed by atoms with Crippen LogP contribution in [-0.2, 0) is 25.5 Å². The molecule has 0 saturated heterocycles. The number of nitrogens with zero attached hydrogens (tertiary/aromatic N) is 2. The van der Waals surface area contributed by atoms with Gasteiger partial charge in [-0.3, -0.25) is 19.9 Å². The summed E-state index contributed by atoms with van der Waals surface area (Å²) in [6.45, 7) is 3.54. The summed E-state index contributed by atoms with van der Waals surface area (Å²) in [5.41, 5.74) is 2.54. The Labute approximate surface area is 209 Å². The van der Waals surface area contributed by atoms with Crippen molar-refractivity contribution < 1.29 is 28.7 Å². The van der Waals surface area contributed by atoms with Crippen LogP contribution < -0.4 is 4.74 Å². The van der Waals surface area contributed by atoms with E-state index in [1.165, 1.54) is 25.3 Å². The number of hydrogen-bond acceptors (Lipinski definition) is 8. The van der Waals surface area contributed by atoms with Crippen LogP contribution in [-0.4, -0.2) is 43.4 Å². The van der Waals surface area contributed by atoms with Crippen LogP contribution in [0.2, 0.25) is 0 Å². The summed E-state index contributed by atoms with van der Waals surface area (Å²) in [4.78, 5) is 41.2. The Morgan fingerprint density at radius 1 is 1.06 bits per heavy atom. The van der Waals surface area contributed by atoms with Crippen molar-refractivity contribution in [3.63, 3.8) is 0 Å². The summed E-state index contributed by atoms with van der Waals surface area (Å²) < 4.78 is 15.7. The topological polar surface area (TPSA) is 117 Å². The maximum Gasteiger partial charge on any atom is 0.336 e. The number of unbranched alkanes of at least 4 members (excludes halogenated alkanes) is 1. The highest BCUT2D eigenvalue weighted by Crippen LogP contribution is 2.40. The first-order valence-electron chi connectivity index (χ1n) is 11.6. The molecule has 0 amide bonds. The highest BCUT2D eigenvalue weighted by molar-refractivity contribution is 6.07. The Bertz CT molecular complexity index is 1180. The Hall–Kier alpha value is -4.01. The van der Waals surface area contributed by atoms with Gasteiger partial charge < -0.3 is 14.2 Å². The third kappa shape index (κ3) is 6.16. The normalized spacial score (nSPS) is 17.3. The number of esters is 2. The van der Waals surface area contributed by atoms with Crippen LogP contribution in [0.4, 0.5) is 5.69 Å². The molecule has 1 aliphatic rings. The molecule has 2 atom stereocenters. The fraction of sp³-hybridized carbons (Fsp3) is 0.370. The number of hydrogen-bond donors (Lipinski definition) is 0. The number of aliphatic imine (C=N–C) groups is 1. The van der Waals surface area contributed by atoms with E-state index < -0.39 is 28.7 Å². The number of nitro benzene ring substituents is 1. The van der Waals surface area contributed by atoms with Gasteiger partial charge in [-0.05, 0) is 56.4 Å². The molecular weight excluding hydrogens is 464 g/mol. The molecule has 2 aromatic carbocycles. The van der Waals surface area contributed by atoms with Gasteiger partial charge in [0.25, 0.3) is 5.69 Å². The van der Waals surface area contributed by atoms with Crippen LogP contribution in [0.5, 0.6) is 5.75 Å². The Kier molecular flexibility index (Phi) is 8.94. The third-order valence-electron chi connectivity index (χ3n) is 6.20. The van der Waals surface area contributed by atoms with Crippen LogP contribution in [0, 0.1) is 16.0 Å². The van der Waals surface area contributed by atoms with Gasteiger partial charge in [-0.15, -0.1) is 0 Å². The van der Waals surface area contributed by atoms with E-state index in [1.54, 1.807) is 27.0 Å². The first-order valence-corrected chi connectivity index (χ1v) is 11.6. The van der Waals surface area contributed by atoms with Gasteiger partial charge >= 0.3 is 11.9 Å². The Balaban J connectivity index is 1.76. The fourth-order valence-corrected chi connectivity index (χ4v) is 4.39. The predicted octanol–water partition coefficient (Wildman–Crippen LogP) is 4.79. The number of aryl methyl sites for hydroxylation is 1. The van der Waals surface area contributed by atoms with Gasteiger partial charge in [-0.25, -0.2) is 4.79 Å². The molecule has 0 N–H and O–H groups in total. The number of carbonyl (C=O) groups excluding carboxylic acids is 2. The van der Waals surface area contributed by atoms with E-state index in [-0.39, 0.29) is 17.9 Å². The number of methoxy groups -OCH3 is 2. The summed E-state index contributed by atoms with van der Waals surface area (Å²) in [7, 11) is 2.88. The standard InChI is InChI=1S/C27H30N2O7/c1-17-23(26(30)35-4)25(20-9-7-10-21(16-20)29(32)33)24(18(2)28-17)27(31)36-15-6-5-8-19-11-13-22(34-3)14-12-19/h7,9-14,16,23,25H,5-6,8,15H2,1-4H3. The van der Waals surface area contributed by atoms with E-state index in [1.807, 2.05) is 24.3 Å². The zero-order valence-corrected chi connectivity index (χ0v) is 20.9. The summed E-state index contributed by atoms with van der Waals surface area (Å²) in [6, 6.07) is 13.7. The number of nitro groups is 1. The molecule has 1 aliphatic heterocycles. The van der Waals surface area contributed by atoms with Crippen molar-refractivity contribution in [1.29, 1.82) is 0 Å². The summed E-state index contributed by atoms with van der Waals surface area (Å²) >= 11 is 0. The van der Waals surface area contributed by atoms with Gasteiger partial charge in [-0.2, -0.15) is 0 Å². The number of carbonyl (C=O) groups is 2. The van der Waals surface area contributed by atoms with Crippen molar-refractivity contribution in [3.8, 4) is 5.75 Å². The lowest BCUT2D eigenvalue weighted by Gasteiger charge is -2.31. The number of rotatable bonds is 10. The molecule has 9 heteroatoms. The molecule has 0 spiro atoms. The van der Waals surface area contributed by atoms with Gasteiger partial charge in [-0.1, -0.05) is 24.3 Å². The first-order chi connectivity index (χ1) is 17.3. The fourth-order valence-electron chi connectivity index (χ4n) is 4.39. The number of allylic oxidation sites excluding steroid dienone is 1. The lowest BCUT2D eigenvalue weighted by Crippen LogP contribution is -2.36. The molecule has 36 heavy (non-hydrogen) atoms. The monoisotopic (exact) mass is 494 g/mol. The molecule has 3 rings (SSSR count). The minimum Gasteiger partial charge on any atom is -0.497 e. The quantitative estimate of drug-likeness (QED) is 0.202. The SMILES string of the molecule is COC(=O)C1C(C)=NC(C)=C(C(=O)OCCCCc2ccc(OC)cc2)C1c1cccc([N+](=O)[O-])c1. The van der Waals surface area contributed by atoms with Crippen molar-refractivity contribution in [2.75, 3.05) is 20.8 Å². The van der Waals surface area contributed by atoms with Crippen LogP contribution in [0.25, 0.3) is 0 Å². The van der Waals surface area contributed by atoms with Gasteiger partial charge in [0.05, 0.1) is 31.3 Å². The minimum absolute atomic E-state index is 0.139. The molecule has 0 fully saturated rings. The maximum absolute atomic E-state index is 13.2. The zero-order valence-electron chi connectivity index (χ0n) is 20.9. The van der Waals surface area contributed by atoms with Crippen LogP contribution >= 0.6 is 0 Å². The smallest absolute Gasteiger partial charge is 0.336 e. The Morgan fingerprint density at radius 2 is 1.78 bits per heavy atom. The van der Waals surface area contributed by atoms with Crippen LogP contribution in [0.15, 0.2) is 64.8 Å². The van der Waals surface area contributed by atoms with E-state index in [0.717, 1.165) is 24.2 Å². The second kappa shape index (κ2) is 12.1. The molecule has 0 aliphatic carbocycles. The van der Waals surface area contributed by atoms with E-state index >= 15 is 0 Å². The lowest BCUT2D eigenvalue weighted by atomic mass is 9.75. The molecule has 190 valence electrons. The van der Waals surface area contributed by atoms with E-state index in [0.29, 0.717) is 23.4 Å².